The number of aromatic nitrogens is 1. The van der Waals surface area contributed by atoms with Crippen molar-refractivity contribution in [3.05, 3.63) is 95.7 Å². The smallest absolute Gasteiger partial charge is 0.281 e. The molecule has 0 spiro atoms. The number of amidine groups is 1. The topological polar surface area (TPSA) is 110 Å². The molecule has 188 valence electrons. The summed E-state index contributed by atoms with van der Waals surface area (Å²) in [6, 6.07) is 19.9. The van der Waals surface area contributed by atoms with Gasteiger partial charge in [-0.15, -0.1) is 4.59 Å². The number of nitrogens with one attached hydrogen (secondary N) is 1. The number of benzene rings is 2. The highest BCUT2D eigenvalue weighted by molar-refractivity contribution is 6.02. The van der Waals surface area contributed by atoms with Crippen molar-refractivity contribution in [1.82, 2.24) is 9.88 Å². The zero-order valence-corrected chi connectivity index (χ0v) is 20.6. The normalized spacial score (nSPS) is 24.8. The van der Waals surface area contributed by atoms with Crippen LogP contribution in [-0.2, 0) is 6.54 Å². The predicted octanol–water partition coefficient (Wildman–Crippen LogP) is 4.04. The van der Waals surface area contributed by atoms with E-state index < -0.39 is 6.09 Å². The number of aromatic amines is 1. The first-order valence-electron chi connectivity index (χ1n) is 12.8. The van der Waals surface area contributed by atoms with Crippen LogP contribution in [0.4, 0.5) is 4.79 Å². The van der Waals surface area contributed by atoms with Gasteiger partial charge in [0.15, 0.2) is 0 Å². The van der Waals surface area contributed by atoms with Crippen molar-refractivity contribution in [3.8, 4) is 0 Å². The van der Waals surface area contributed by atoms with Crippen LogP contribution in [0.1, 0.15) is 36.9 Å². The fraction of sp³-hybridized carbons (Fsp3) is 0.276. The molecule has 2 aromatic carbocycles. The molecule has 0 saturated heterocycles. The molecule has 0 radical (unpaired) electrons. The van der Waals surface area contributed by atoms with Gasteiger partial charge < -0.3 is 19.8 Å². The Morgan fingerprint density at radius 1 is 1.08 bits per heavy atom. The maximum atomic E-state index is 11.8. The number of para-hydroxylation sites is 1. The molecular weight excluding hydrogens is 464 g/mol. The number of carbonyl (C=O) groups is 1. The van der Waals surface area contributed by atoms with Gasteiger partial charge in [-0.05, 0) is 49.3 Å². The average Bonchev–Trinajstić information content (AvgIpc) is 3.47. The number of H-pyrrole nitrogens is 1. The first-order valence-corrected chi connectivity index (χ1v) is 12.8. The van der Waals surface area contributed by atoms with Gasteiger partial charge in [-0.2, -0.15) is 10.8 Å². The maximum absolute atomic E-state index is 11.8. The summed E-state index contributed by atoms with van der Waals surface area (Å²) in [5.41, 5.74) is 4.81. The highest BCUT2D eigenvalue weighted by Crippen LogP contribution is 2.41. The highest BCUT2D eigenvalue weighted by atomic mass is 16.4. The lowest BCUT2D eigenvalue weighted by Crippen LogP contribution is -2.53. The Morgan fingerprint density at radius 3 is 2.59 bits per heavy atom. The van der Waals surface area contributed by atoms with E-state index in [1.165, 1.54) is 4.90 Å². The minimum atomic E-state index is -1.12. The van der Waals surface area contributed by atoms with Gasteiger partial charge in [0.2, 0.25) is 5.70 Å². The van der Waals surface area contributed by atoms with E-state index in [0.29, 0.717) is 19.0 Å². The Morgan fingerprint density at radius 2 is 1.84 bits per heavy atom. The largest absolute Gasteiger partial charge is 0.530 e. The first-order chi connectivity index (χ1) is 18.0. The molecule has 1 fully saturated rings. The van der Waals surface area contributed by atoms with Crippen molar-refractivity contribution in [2.45, 2.75) is 32.2 Å². The molecular formula is C29H30N6O2. The van der Waals surface area contributed by atoms with Crippen molar-refractivity contribution in [2.75, 3.05) is 6.54 Å². The molecule has 0 bridgehead atoms. The van der Waals surface area contributed by atoms with E-state index in [0.717, 1.165) is 65.1 Å². The van der Waals surface area contributed by atoms with Gasteiger partial charge in [0.1, 0.15) is 23.7 Å². The van der Waals surface area contributed by atoms with E-state index in [1.54, 1.807) is 6.20 Å². The van der Waals surface area contributed by atoms with Gasteiger partial charge in [0.25, 0.3) is 5.84 Å². The second-order valence-corrected chi connectivity index (χ2v) is 10.2. The molecule has 3 heterocycles. The van der Waals surface area contributed by atoms with E-state index in [4.69, 9.17) is 10.8 Å². The number of nitrogens with zero attached hydrogens (tertiary/aromatic N) is 4. The van der Waals surface area contributed by atoms with Gasteiger partial charge in [0, 0.05) is 29.9 Å². The average molecular weight is 495 g/mol. The summed E-state index contributed by atoms with van der Waals surface area (Å²) < 4.78 is 0.00111. The van der Waals surface area contributed by atoms with Gasteiger partial charge in [0.05, 0.1) is 12.4 Å². The first kappa shape index (κ1) is 23.4. The van der Waals surface area contributed by atoms with Gasteiger partial charge in [-0.25, -0.2) is 0 Å². The van der Waals surface area contributed by atoms with E-state index >= 15 is 0 Å². The molecule has 37 heavy (non-hydrogen) atoms. The van der Waals surface area contributed by atoms with Crippen molar-refractivity contribution in [2.24, 2.45) is 27.7 Å². The summed E-state index contributed by atoms with van der Waals surface area (Å²) in [5.74, 6) is 8.23. The van der Waals surface area contributed by atoms with E-state index in [2.05, 4.69) is 22.1 Å². The number of nitrogens with two attached hydrogens (primary N) is 1. The van der Waals surface area contributed by atoms with Crippen LogP contribution in [-0.4, -0.2) is 39.2 Å². The number of fused-ring (bicyclic) bond motifs is 2. The van der Waals surface area contributed by atoms with Gasteiger partial charge in [-0.3, -0.25) is 4.99 Å². The minimum Gasteiger partial charge on any atom is -0.530 e. The monoisotopic (exact) mass is 494 g/mol. The van der Waals surface area contributed by atoms with Crippen LogP contribution >= 0.6 is 0 Å². The molecule has 3 aromatic rings. The number of quaternary nitrogens is 1. The third kappa shape index (κ3) is 4.39. The molecule has 8 heteroatoms. The van der Waals surface area contributed by atoms with Crippen LogP contribution in [0.2, 0.25) is 0 Å². The molecule has 1 aliphatic carbocycles. The summed E-state index contributed by atoms with van der Waals surface area (Å²) in [5, 5.41) is 12.9. The summed E-state index contributed by atoms with van der Waals surface area (Å²) in [6.07, 6.45) is 8.02. The molecule has 1 saturated carbocycles. The molecule has 1 aromatic heterocycles. The summed E-state index contributed by atoms with van der Waals surface area (Å²) in [4.78, 5) is 26.2. The Labute approximate surface area is 215 Å². The van der Waals surface area contributed by atoms with Crippen LogP contribution in [0.15, 0.2) is 94.4 Å². The summed E-state index contributed by atoms with van der Waals surface area (Å²) in [7, 11) is 0. The Kier molecular flexibility index (Phi) is 5.98. The zero-order chi connectivity index (χ0) is 25.4. The number of aliphatic imine (C=N–C) groups is 2. The number of hydrogen-bond donors (Lipinski definition) is 2. The Hall–Kier alpha value is -4.01. The van der Waals surface area contributed by atoms with Crippen LogP contribution < -0.4 is 10.9 Å². The third-order valence-electron chi connectivity index (χ3n) is 7.78. The van der Waals surface area contributed by atoms with Crippen molar-refractivity contribution in [3.63, 3.8) is 0 Å². The quantitative estimate of drug-likeness (QED) is 0.399. The van der Waals surface area contributed by atoms with Crippen LogP contribution in [0.5, 0.6) is 0 Å². The Balaban J connectivity index is 1.20. The van der Waals surface area contributed by atoms with Gasteiger partial charge >= 0.3 is 0 Å². The van der Waals surface area contributed by atoms with Gasteiger partial charge in [-0.1, -0.05) is 48.5 Å². The highest BCUT2D eigenvalue weighted by Gasteiger charge is 2.46. The molecule has 8 nitrogen and oxygen atoms in total. The lowest BCUT2D eigenvalue weighted by Gasteiger charge is -2.34. The fourth-order valence-corrected chi connectivity index (χ4v) is 5.82. The molecule has 2 aliphatic heterocycles. The lowest BCUT2D eigenvalue weighted by molar-refractivity contribution is -0.750. The van der Waals surface area contributed by atoms with Crippen molar-refractivity contribution in [1.29, 1.82) is 0 Å². The van der Waals surface area contributed by atoms with Crippen molar-refractivity contribution >= 4 is 29.0 Å². The lowest BCUT2D eigenvalue weighted by atomic mass is 9.80. The molecule has 3 aliphatic rings. The molecule has 1 unspecified atom stereocenters. The number of allylic oxidation sites excluding steroid dienone is 2. The second-order valence-electron chi connectivity index (χ2n) is 10.2. The third-order valence-corrected chi connectivity index (χ3v) is 7.78. The Bertz CT molecular complexity index is 1410. The van der Waals surface area contributed by atoms with E-state index in [-0.39, 0.29) is 10.5 Å². The fourth-order valence-electron chi connectivity index (χ4n) is 5.82. The van der Waals surface area contributed by atoms with Crippen LogP contribution in [0, 0.1) is 11.8 Å². The van der Waals surface area contributed by atoms with E-state index in [1.807, 2.05) is 60.9 Å². The SMILES string of the molecule is N[N+]12C=CN=CC1=C(C1CCC(CN(Cc3ccccc3)C(=O)[O-])CC1)N=C2c1cc2ccccc2[nH]1. The number of carbonyl (C=O) groups excluding carboxylic acids is 1. The molecule has 3 N–H and O–H groups in total. The van der Waals surface area contributed by atoms with Crippen LogP contribution in [0.3, 0.4) is 0 Å². The van der Waals surface area contributed by atoms with Crippen molar-refractivity contribution < 1.29 is 14.5 Å². The molecule has 1 atom stereocenters. The standard InChI is InChI=1S/C29H30N6O2/c30-35-15-14-31-17-26(35)27(33-28(35)25-16-23-8-4-5-9-24(23)32-25)22-12-10-21(11-13-22)19-34(29(36)37)18-20-6-2-1-3-7-20/h1-9,14-17,21-22H,10-13,18-19,30H2,(H-,31,32,33,36,37). The number of hydrogen-bond acceptors (Lipinski definition) is 5. The minimum absolute atomic E-state index is 0.00111. The second kappa shape index (κ2) is 9.46. The molecule has 1 amide bonds. The zero-order valence-electron chi connectivity index (χ0n) is 20.6. The summed E-state index contributed by atoms with van der Waals surface area (Å²) in [6.45, 7) is 0.840. The summed E-state index contributed by atoms with van der Waals surface area (Å²) >= 11 is 0. The number of rotatable bonds is 6. The van der Waals surface area contributed by atoms with Crippen LogP contribution in [0.25, 0.3) is 10.9 Å². The predicted molar refractivity (Wildman–Crippen MR) is 142 cm³/mol. The van der Waals surface area contributed by atoms with E-state index in [9.17, 15) is 9.90 Å². The number of amides is 1. The molecule has 6 rings (SSSR count). The maximum Gasteiger partial charge on any atom is 0.281 e. The number of carboxylic acid groups (broad SMARTS) is 1.